The van der Waals surface area contributed by atoms with Gasteiger partial charge in [-0.05, 0) is 63.0 Å². The molecule has 0 radical (unpaired) electrons. The topological polar surface area (TPSA) is 78.0 Å². The van der Waals surface area contributed by atoms with Gasteiger partial charge in [0.25, 0.3) is 0 Å². The fourth-order valence-electron chi connectivity index (χ4n) is 4.71. The second kappa shape index (κ2) is 6.92. The second-order valence-corrected chi connectivity index (χ2v) is 8.88. The van der Waals surface area contributed by atoms with E-state index < -0.39 is 0 Å². The lowest BCUT2D eigenvalue weighted by molar-refractivity contribution is -0.0370. The number of nitrogens with zero attached hydrogens (tertiary/aromatic N) is 5. The van der Waals surface area contributed by atoms with Gasteiger partial charge in [-0.15, -0.1) is 0 Å². The van der Waals surface area contributed by atoms with Gasteiger partial charge in [0.15, 0.2) is 11.9 Å². The third kappa shape index (κ3) is 3.07. The fourth-order valence-corrected chi connectivity index (χ4v) is 4.71. The maximum atomic E-state index is 9.34. The number of pyridine rings is 1. The first kappa shape index (κ1) is 17.6. The van der Waals surface area contributed by atoms with Gasteiger partial charge in [-0.1, -0.05) is 0 Å². The molecule has 3 fully saturated rings. The molecule has 0 amide bonds. The molecular weight excluding hydrogens is 366 g/mol. The first-order chi connectivity index (χ1) is 14.3. The van der Waals surface area contributed by atoms with E-state index in [4.69, 9.17) is 14.8 Å². The molecule has 1 unspecified atom stereocenters. The molecule has 1 N–H and O–H groups in total. The number of ether oxygens (including phenoxy) is 1. The molecule has 29 heavy (non-hydrogen) atoms. The fraction of sp³-hybridized carbons (Fsp3) is 0.591. The van der Waals surface area contributed by atoms with Crippen molar-refractivity contribution in [1.29, 1.82) is 0 Å². The summed E-state index contributed by atoms with van der Waals surface area (Å²) in [4.78, 5) is 5.03. The molecule has 2 saturated carbocycles. The Morgan fingerprint density at radius 1 is 1.14 bits per heavy atom. The van der Waals surface area contributed by atoms with Crippen LogP contribution in [0.4, 0.5) is 0 Å². The molecule has 152 valence electrons. The highest BCUT2D eigenvalue weighted by atomic mass is 16.5. The average molecular weight is 393 g/mol. The summed E-state index contributed by atoms with van der Waals surface area (Å²) in [5.74, 6) is 0.986. The Morgan fingerprint density at radius 2 is 2.03 bits per heavy atom. The largest absolute Gasteiger partial charge is 0.396 e. The zero-order chi connectivity index (χ0) is 19.4. The number of rotatable bonds is 5. The minimum absolute atomic E-state index is 0.0139. The molecule has 1 saturated heterocycles. The zero-order valence-electron chi connectivity index (χ0n) is 16.6. The third-order valence-corrected chi connectivity index (χ3v) is 6.72. The van der Waals surface area contributed by atoms with Crippen molar-refractivity contribution in [3.8, 4) is 11.3 Å². The SMILES string of the molecule is OCC1CC(n2cc(-c3ccc4cnn(C5CCCCO5)c4n3)c(C3CC3)n2)C1. The van der Waals surface area contributed by atoms with Gasteiger partial charge in [-0.2, -0.15) is 10.2 Å². The van der Waals surface area contributed by atoms with Gasteiger partial charge >= 0.3 is 0 Å². The molecule has 3 aliphatic rings. The molecule has 1 aliphatic heterocycles. The third-order valence-electron chi connectivity index (χ3n) is 6.72. The molecule has 2 aliphatic carbocycles. The first-order valence-corrected chi connectivity index (χ1v) is 11.0. The van der Waals surface area contributed by atoms with E-state index >= 15 is 0 Å². The lowest BCUT2D eigenvalue weighted by Gasteiger charge is -2.34. The number of aliphatic hydroxyl groups is 1. The van der Waals surface area contributed by atoms with Crippen molar-refractivity contribution < 1.29 is 9.84 Å². The van der Waals surface area contributed by atoms with Gasteiger partial charge in [-0.3, -0.25) is 4.68 Å². The smallest absolute Gasteiger partial charge is 0.161 e. The van der Waals surface area contributed by atoms with Crippen molar-refractivity contribution in [1.82, 2.24) is 24.5 Å². The summed E-state index contributed by atoms with van der Waals surface area (Å²) in [6, 6.07) is 4.62. The van der Waals surface area contributed by atoms with E-state index in [1.807, 2.05) is 10.9 Å². The van der Waals surface area contributed by atoms with E-state index in [2.05, 4.69) is 28.1 Å². The standard InChI is InChI=1S/C22H27N5O2/c28-13-14-9-17(10-14)26-12-18(21(25-26)15-4-5-15)19-7-6-16-11-23-27(22(16)24-19)20-3-1-2-8-29-20/h6-7,11-12,14-15,17,20,28H,1-5,8-10,13H2. The molecule has 3 aromatic rings. The summed E-state index contributed by atoms with van der Waals surface area (Å²) >= 11 is 0. The molecule has 4 heterocycles. The quantitative estimate of drug-likeness (QED) is 0.713. The normalized spacial score (nSPS) is 27.3. The summed E-state index contributed by atoms with van der Waals surface area (Å²) in [7, 11) is 0. The van der Waals surface area contributed by atoms with E-state index in [1.54, 1.807) is 0 Å². The van der Waals surface area contributed by atoms with Gasteiger partial charge in [0.2, 0.25) is 0 Å². The first-order valence-electron chi connectivity index (χ1n) is 11.0. The van der Waals surface area contributed by atoms with Crippen molar-refractivity contribution in [2.45, 2.75) is 63.1 Å². The van der Waals surface area contributed by atoms with Crippen molar-refractivity contribution >= 4 is 11.0 Å². The van der Waals surface area contributed by atoms with Crippen molar-refractivity contribution in [3.63, 3.8) is 0 Å². The van der Waals surface area contributed by atoms with Crippen molar-refractivity contribution in [2.75, 3.05) is 13.2 Å². The predicted molar refractivity (Wildman–Crippen MR) is 108 cm³/mol. The Bertz CT molecular complexity index is 1030. The van der Waals surface area contributed by atoms with Crippen LogP contribution in [-0.4, -0.2) is 42.9 Å². The van der Waals surface area contributed by atoms with Crippen LogP contribution in [0.15, 0.2) is 24.5 Å². The van der Waals surface area contributed by atoms with Crippen LogP contribution in [0.5, 0.6) is 0 Å². The van der Waals surface area contributed by atoms with Crippen molar-refractivity contribution in [3.05, 3.63) is 30.2 Å². The van der Waals surface area contributed by atoms with Gasteiger partial charge in [0, 0.05) is 36.3 Å². The van der Waals surface area contributed by atoms with Crippen molar-refractivity contribution in [2.24, 2.45) is 5.92 Å². The van der Waals surface area contributed by atoms with Crippen LogP contribution in [0.3, 0.4) is 0 Å². The minimum Gasteiger partial charge on any atom is -0.396 e. The molecule has 6 rings (SSSR count). The van der Waals surface area contributed by atoms with E-state index in [-0.39, 0.29) is 12.8 Å². The highest BCUT2D eigenvalue weighted by Crippen LogP contribution is 2.45. The number of fused-ring (bicyclic) bond motifs is 1. The molecule has 7 nitrogen and oxygen atoms in total. The predicted octanol–water partition coefficient (Wildman–Crippen LogP) is 3.81. The van der Waals surface area contributed by atoms with E-state index in [0.717, 1.165) is 54.6 Å². The van der Waals surface area contributed by atoms with Crippen LogP contribution in [0.1, 0.15) is 68.8 Å². The number of aromatic nitrogens is 5. The summed E-state index contributed by atoms with van der Waals surface area (Å²) in [5.41, 5.74) is 4.21. The van der Waals surface area contributed by atoms with E-state index in [1.165, 1.54) is 25.0 Å². The molecule has 7 heteroatoms. The Balaban J connectivity index is 1.37. The Morgan fingerprint density at radius 3 is 2.79 bits per heavy atom. The van der Waals surface area contributed by atoms with Crippen LogP contribution in [0.25, 0.3) is 22.3 Å². The summed E-state index contributed by atoms with van der Waals surface area (Å²) < 4.78 is 10.0. The van der Waals surface area contributed by atoms with Crippen LogP contribution < -0.4 is 0 Å². The summed E-state index contributed by atoms with van der Waals surface area (Å²) in [5, 5.41) is 19.9. The summed E-state index contributed by atoms with van der Waals surface area (Å²) in [6.07, 6.45) is 11.8. The van der Waals surface area contributed by atoms with Gasteiger partial charge in [0.1, 0.15) is 0 Å². The van der Waals surface area contributed by atoms with Gasteiger partial charge in [-0.25, -0.2) is 9.67 Å². The molecule has 0 bridgehead atoms. The molecule has 0 aromatic carbocycles. The van der Waals surface area contributed by atoms with Crippen LogP contribution in [0.2, 0.25) is 0 Å². The zero-order valence-corrected chi connectivity index (χ0v) is 16.6. The lowest BCUT2D eigenvalue weighted by atomic mass is 9.81. The minimum atomic E-state index is -0.0139. The lowest BCUT2D eigenvalue weighted by Crippen LogP contribution is -2.29. The summed E-state index contributed by atoms with van der Waals surface area (Å²) in [6.45, 7) is 1.08. The number of hydrogen-bond acceptors (Lipinski definition) is 5. The molecular formula is C22H27N5O2. The maximum Gasteiger partial charge on any atom is 0.161 e. The van der Waals surface area contributed by atoms with Crippen LogP contribution in [-0.2, 0) is 4.74 Å². The van der Waals surface area contributed by atoms with Gasteiger partial charge < -0.3 is 9.84 Å². The number of aliphatic hydroxyl groups excluding tert-OH is 1. The number of hydrogen-bond donors (Lipinski definition) is 1. The highest BCUT2D eigenvalue weighted by Gasteiger charge is 2.35. The average Bonchev–Trinajstić information content (AvgIpc) is 3.34. The molecule has 0 spiro atoms. The van der Waals surface area contributed by atoms with Crippen LogP contribution in [0, 0.1) is 5.92 Å². The monoisotopic (exact) mass is 393 g/mol. The molecule has 1 atom stereocenters. The second-order valence-electron chi connectivity index (χ2n) is 8.88. The molecule has 3 aromatic heterocycles. The highest BCUT2D eigenvalue weighted by molar-refractivity contribution is 5.79. The van der Waals surface area contributed by atoms with Crippen LogP contribution >= 0.6 is 0 Å². The Labute approximate surface area is 169 Å². The van der Waals surface area contributed by atoms with E-state index in [9.17, 15) is 5.11 Å². The van der Waals surface area contributed by atoms with Gasteiger partial charge in [0.05, 0.1) is 23.6 Å². The van der Waals surface area contributed by atoms with E-state index in [0.29, 0.717) is 17.9 Å². The Hall–Kier alpha value is -2.25. The maximum absolute atomic E-state index is 9.34. The Kier molecular flexibility index (Phi) is 4.20.